The van der Waals surface area contributed by atoms with Gasteiger partial charge < -0.3 is 9.47 Å². The molecule has 2 heteroatoms. The number of benzene rings is 2. The van der Waals surface area contributed by atoms with Gasteiger partial charge in [0.1, 0.15) is 5.75 Å². The fraction of sp³-hybridized carbons (Fsp3) is 0.143. The van der Waals surface area contributed by atoms with E-state index in [2.05, 4.69) is 6.07 Å². The maximum atomic E-state index is 5.74. The Labute approximate surface area is 95.4 Å². The van der Waals surface area contributed by atoms with E-state index in [1.807, 2.05) is 49.4 Å². The van der Waals surface area contributed by atoms with Crippen molar-refractivity contribution in [1.29, 1.82) is 0 Å². The zero-order valence-electron chi connectivity index (χ0n) is 9.36. The fourth-order valence-corrected chi connectivity index (χ4v) is 1.45. The Morgan fingerprint density at radius 3 is 2.50 bits per heavy atom. The van der Waals surface area contributed by atoms with Crippen LogP contribution in [0.1, 0.15) is 5.56 Å². The second kappa shape index (κ2) is 4.71. The predicted molar refractivity (Wildman–Crippen MR) is 63.1 cm³/mol. The molecular weight excluding hydrogens is 200 g/mol. The number of ether oxygens (including phenoxy) is 2. The zero-order valence-corrected chi connectivity index (χ0v) is 9.36. The molecule has 0 atom stereocenters. The van der Waals surface area contributed by atoms with Crippen molar-refractivity contribution in [2.75, 3.05) is 7.11 Å². The lowest BCUT2D eigenvalue weighted by molar-refractivity contribution is 0.379. The number of hydrogen-bond donors (Lipinski definition) is 0. The second-order valence-electron chi connectivity index (χ2n) is 3.46. The molecule has 0 saturated heterocycles. The molecule has 1 radical (unpaired) electrons. The third-order valence-corrected chi connectivity index (χ3v) is 2.21. The van der Waals surface area contributed by atoms with Gasteiger partial charge in [-0.1, -0.05) is 18.2 Å². The van der Waals surface area contributed by atoms with E-state index in [-0.39, 0.29) is 0 Å². The van der Waals surface area contributed by atoms with Crippen LogP contribution in [0.15, 0.2) is 42.5 Å². The van der Waals surface area contributed by atoms with E-state index >= 15 is 0 Å². The SMILES string of the molecule is COc1ccccc1Oc1cc[c]c(C)c1. The van der Waals surface area contributed by atoms with Crippen LogP contribution in [-0.4, -0.2) is 7.11 Å². The largest absolute Gasteiger partial charge is 0.493 e. The van der Waals surface area contributed by atoms with Crippen LogP contribution >= 0.6 is 0 Å². The van der Waals surface area contributed by atoms with Gasteiger partial charge in [0.05, 0.1) is 7.11 Å². The normalized spacial score (nSPS) is 9.88. The van der Waals surface area contributed by atoms with E-state index in [4.69, 9.17) is 9.47 Å². The Morgan fingerprint density at radius 1 is 1.06 bits per heavy atom. The van der Waals surface area contributed by atoms with Crippen LogP contribution in [0.25, 0.3) is 0 Å². The molecule has 0 unspecified atom stereocenters. The molecule has 0 heterocycles. The van der Waals surface area contributed by atoms with Crippen molar-refractivity contribution in [3.05, 3.63) is 54.1 Å². The number of aryl methyl sites for hydroxylation is 1. The van der Waals surface area contributed by atoms with Gasteiger partial charge in [-0.2, -0.15) is 0 Å². The first-order chi connectivity index (χ1) is 7.79. The molecular formula is C14H13O2. The second-order valence-corrected chi connectivity index (χ2v) is 3.46. The third kappa shape index (κ3) is 2.34. The van der Waals surface area contributed by atoms with E-state index in [0.29, 0.717) is 0 Å². The summed E-state index contributed by atoms with van der Waals surface area (Å²) in [5.74, 6) is 2.24. The molecule has 0 amide bonds. The van der Waals surface area contributed by atoms with Crippen molar-refractivity contribution in [2.45, 2.75) is 6.92 Å². The average Bonchev–Trinajstić information content (AvgIpc) is 2.30. The molecule has 0 aliphatic carbocycles. The first kappa shape index (κ1) is 10.6. The minimum absolute atomic E-state index is 0.718. The lowest BCUT2D eigenvalue weighted by atomic mass is 10.2. The Morgan fingerprint density at radius 2 is 1.81 bits per heavy atom. The van der Waals surface area contributed by atoms with Gasteiger partial charge in [-0.15, -0.1) is 0 Å². The molecule has 0 bridgehead atoms. The van der Waals surface area contributed by atoms with Gasteiger partial charge >= 0.3 is 0 Å². The Kier molecular flexibility index (Phi) is 3.10. The summed E-state index contributed by atoms with van der Waals surface area (Å²) in [7, 11) is 1.63. The molecule has 81 valence electrons. The van der Waals surface area contributed by atoms with Gasteiger partial charge in [0, 0.05) is 0 Å². The smallest absolute Gasteiger partial charge is 0.169 e. The monoisotopic (exact) mass is 213 g/mol. The summed E-state index contributed by atoms with van der Waals surface area (Å²) in [6.07, 6.45) is 0. The van der Waals surface area contributed by atoms with Gasteiger partial charge in [0.2, 0.25) is 0 Å². The lowest BCUT2D eigenvalue weighted by Crippen LogP contribution is -1.89. The molecule has 0 spiro atoms. The van der Waals surface area contributed by atoms with Gasteiger partial charge in [-0.25, -0.2) is 0 Å². The summed E-state index contributed by atoms with van der Waals surface area (Å²) in [5, 5.41) is 0. The Balaban J connectivity index is 2.26. The average molecular weight is 213 g/mol. The minimum Gasteiger partial charge on any atom is -0.493 e. The van der Waals surface area contributed by atoms with Gasteiger partial charge in [-0.05, 0) is 42.8 Å². The molecule has 0 aromatic heterocycles. The maximum Gasteiger partial charge on any atom is 0.169 e. The predicted octanol–water partition coefficient (Wildman–Crippen LogP) is 3.60. The molecule has 0 aliphatic heterocycles. The van der Waals surface area contributed by atoms with E-state index in [9.17, 15) is 0 Å². The van der Waals surface area contributed by atoms with Crippen LogP contribution in [0.2, 0.25) is 0 Å². The summed E-state index contributed by atoms with van der Waals surface area (Å²) < 4.78 is 11.0. The van der Waals surface area contributed by atoms with Crippen molar-refractivity contribution in [3.8, 4) is 17.2 Å². The van der Waals surface area contributed by atoms with E-state index in [1.165, 1.54) is 0 Å². The summed E-state index contributed by atoms with van der Waals surface area (Å²) in [5.41, 5.74) is 1.05. The quantitative estimate of drug-likeness (QED) is 0.775. The number of hydrogen-bond acceptors (Lipinski definition) is 2. The highest BCUT2D eigenvalue weighted by Crippen LogP contribution is 2.30. The molecule has 2 nitrogen and oxygen atoms in total. The Bertz CT molecular complexity index is 478. The first-order valence-electron chi connectivity index (χ1n) is 5.09. The number of methoxy groups -OCH3 is 1. The van der Waals surface area contributed by atoms with Crippen LogP contribution in [0.4, 0.5) is 0 Å². The summed E-state index contributed by atoms with van der Waals surface area (Å²) in [6, 6.07) is 16.3. The van der Waals surface area contributed by atoms with Gasteiger partial charge in [0.15, 0.2) is 11.5 Å². The van der Waals surface area contributed by atoms with Crippen molar-refractivity contribution in [3.63, 3.8) is 0 Å². The van der Waals surface area contributed by atoms with Crippen LogP contribution < -0.4 is 9.47 Å². The molecule has 2 aromatic rings. The number of rotatable bonds is 3. The highest BCUT2D eigenvalue weighted by atomic mass is 16.5. The van der Waals surface area contributed by atoms with Crippen LogP contribution in [-0.2, 0) is 0 Å². The number of para-hydroxylation sites is 2. The maximum absolute atomic E-state index is 5.74. The molecule has 2 rings (SSSR count). The lowest BCUT2D eigenvalue weighted by Gasteiger charge is -2.09. The molecule has 16 heavy (non-hydrogen) atoms. The molecule has 0 N–H and O–H groups in total. The van der Waals surface area contributed by atoms with Crippen molar-refractivity contribution in [1.82, 2.24) is 0 Å². The summed E-state index contributed by atoms with van der Waals surface area (Å²) >= 11 is 0. The standard InChI is InChI=1S/C14H13O2/c1-11-6-5-7-12(10-11)16-14-9-4-3-8-13(14)15-2/h3-5,7-10H,1-2H3. The summed E-state index contributed by atoms with van der Waals surface area (Å²) in [4.78, 5) is 0. The van der Waals surface area contributed by atoms with Gasteiger partial charge in [0.25, 0.3) is 0 Å². The van der Waals surface area contributed by atoms with E-state index in [0.717, 1.165) is 22.8 Å². The van der Waals surface area contributed by atoms with E-state index < -0.39 is 0 Å². The highest BCUT2D eigenvalue weighted by Gasteiger charge is 2.03. The van der Waals surface area contributed by atoms with Crippen LogP contribution in [0.3, 0.4) is 0 Å². The zero-order chi connectivity index (χ0) is 11.4. The topological polar surface area (TPSA) is 18.5 Å². The van der Waals surface area contributed by atoms with E-state index in [1.54, 1.807) is 7.11 Å². The first-order valence-corrected chi connectivity index (χ1v) is 5.09. The van der Waals surface area contributed by atoms with Crippen molar-refractivity contribution >= 4 is 0 Å². The summed E-state index contributed by atoms with van der Waals surface area (Å²) in [6.45, 7) is 1.98. The van der Waals surface area contributed by atoms with Gasteiger partial charge in [-0.3, -0.25) is 0 Å². The molecule has 0 fully saturated rings. The van der Waals surface area contributed by atoms with Crippen LogP contribution in [0.5, 0.6) is 17.2 Å². The van der Waals surface area contributed by atoms with Crippen molar-refractivity contribution in [2.24, 2.45) is 0 Å². The molecule has 2 aromatic carbocycles. The van der Waals surface area contributed by atoms with Crippen molar-refractivity contribution < 1.29 is 9.47 Å². The highest BCUT2D eigenvalue weighted by molar-refractivity contribution is 5.43. The molecule has 0 aliphatic rings. The Hall–Kier alpha value is -1.96. The van der Waals surface area contributed by atoms with Crippen LogP contribution in [0, 0.1) is 13.0 Å². The third-order valence-electron chi connectivity index (χ3n) is 2.21. The minimum atomic E-state index is 0.718. The fourth-order valence-electron chi connectivity index (χ4n) is 1.45. The molecule has 0 saturated carbocycles.